The van der Waals surface area contributed by atoms with Crippen LogP contribution in [0.2, 0.25) is 0 Å². The first-order chi connectivity index (χ1) is 8.50. The van der Waals surface area contributed by atoms with Crippen molar-refractivity contribution in [3.8, 4) is 5.75 Å². The van der Waals surface area contributed by atoms with E-state index in [0.29, 0.717) is 11.4 Å². The van der Waals surface area contributed by atoms with Crippen LogP contribution in [0.1, 0.15) is 13.8 Å². The fourth-order valence-electron chi connectivity index (χ4n) is 1.16. The normalized spacial score (nSPS) is 12.2. The molecule has 1 aromatic rings. The van der Waals surface area contributed by atoms with Crippen molar-refractivity contribution in [2.75, 3.05) is 18.9 Å². The average Bonchev–Trinajstić information content (AvgIpc) is 2.34. The van der Waals surface area contributed by atoms with Crippen molar-refractivity contribution in [1.82, 2.24) is 0 Å². The van der Waals surface area contributed by atoms with E-state index < -0.39 is 12.1 Å². The Kier molecular flexibility index (Phi) is 5.45. The number of hydrogen-bond acceptors (Lipinski definition) is 5. The number of carbonyl (C=O) groups is 1. The van der Waals surface area contributed by atoms with E-state index in [-0.39, 0.29) is 19.1 Å². The molecule has 0 radical (unpaired) electrons. The van der Waals surface area contributed by atoms with Gasteiger partial charge >= 0.3 is 5.97 Å². The third kappa shape index (κ3) is 4.63. The van der Waals surface area contributed by atoms with E-state index in [1.54, 1.807) is 24.3 Å². The predicted molar refractivity (Wildman–Crippen MR) is 68.2 cm³/mol. The Labute approximate surface area is 107 Å². The monoisotopic (exact) mass is 253 g/mol. The molecule has 0 spiro atoms. The molecule has 0 saturated carbocycles. The molecule has 5 heteroatoms. The van der Waals surface area contributed by atoms with Gasteiger partial charge in [-0.25, -0.2) is 4.79 Å². The number of carbonyl (C=O) groups excluding carboxylic acids is 1. The number of rotatable bonds is 6. The van der Waals surface area contributed by atoms with Gasteiger partial charge in [0.1, 0.15) is 12.4 Å². The maximum absolute atomic E-state index is 11.4. The van der Waals surface area contributed by atoms with Gasteiger partial charge in [-0.1, -0.05) is 26.0 Å². The Balaban J connectivity index is 2.32. The second-order valence-electron chi connectivity index (χ2n) is 4.32. The highest BCUT2D eigenvalue weighted by molar-refractivity contribution is 5.71. The smallest absolute Gasteiger partial charge is 0.344 e. The van der Waals surface area contributed by atoms with Crippen LogP contribution in [-0.4, -0.2) is 30.4 Å². The van der Waals surface area contributed by atoms with Crippen LogP contribution in [-0.2, 0) is 9.53 Å². The lowest BCUT2D eigenvalue weighted by molar-refractivity contribution is -0.149. The van der Waals surface area contributed by atoms with Crippen LogP contribution in [0.5, 0.6) is 5.75 Å². The van der Waals surface area contributed by atoms with Gasteiger partial charge in [-0.05, 0) is 18.1 Å². The number of anilines is 1. The number of para-hydroxylation sites is 2. The Morgan fingerprint density at radius 3 is 2.67 bits per heavy atom. The van der Waals surface area contributed by atoms with E-state index in [1.165, 1.54) is 0 Å². The first-order valence-electron chi connectivity index (χ1n) is 5.81. The molecule has 0 saturated heterocycles. The van der Waals surface area contributed by atoms with Crippen LogP contribution >= 0.6 is 0 Å². The molecule has 0 aliphatic heterocycles. The molecular formula is C13H19NO4. The summed E-state index contributed by atoms with van der Waals surface area (Å²) in [6, 6.07) is 6.90. The summed E-state index contributed by atoms with van der Waals surface area (Å²) in [6.07, 6.45) is -0.657. The summed E-state index contributed by atoms with van der Waals surface area (Å²) in [6.45, 7) is 3.45. The van der Waals surface area contributed by atoms with Gasteiger partial charge in [0.2, 0.25) is 0 Å². The Morgan fingerprint density at radius 2 is 2.06 bits per heavy atom. The van der Waals surface area contributed by atoms with E-state index in [9.17, 15) is 9.90 Å². The highest BCUT2D eigenvalue weighted by Crippen LogP contribution is 2.19. The molecule has 0 bridgehead atoms. The SMILES string of the molecule is CC(C)C(O)COC(=O)COc1ccccc1N. The predicted octanol–water partition coefficient (Wildman–Crippen LogP) is 1.21. The summed E-state index contributed by atoms with van der Waals surface area (Å²) in [4.78, 5) is 11.4. The fourth-order valence-corrected chi connectivity index (χ4v) is 1.16. The molecule has 0 aliphatic rings. The maximum atomic E-state index is 11.4. The highest BCUT2D eigenvalue weighted by Gasteiger charge is 2.13. The lowest BCUT2D eigenvalue weighted by Gasteiger charge is -2.14. The molecule has 0 aliphatic carbocycles. The van der Waals surface area contributed by atoms with Crippen molar-refractivity contribution in [2.24, 2.45) is 5.92 Å². The second kappa shape index (κ2) is 6.86. The third-order valence-electron chi connectivity index (χ3n) is 2.45. The van der Waals surface area contributed by atoms with Gasteiger partial charge in [-0.15, -0.1) is 0 Å². The zero-order valence-corrected chi connectivity index (χ0v) is 10.6. The molecule has 1 aromatic carbocycles. The van der Waals surface area contributed by atoms with E-state index in [4.69, 9.17) is 15.2 Å². The van der Waals surface area contributed by atoms with E-state index in [2.05, 4.69) is 0 Å². The Bertz CT molecular complexity index is 392. The summed E-state index contributed by atoms with van der Waals surface area (Å²) in [7, 11) is 0. The van der Waals surface area contributed by atoms with Gasteiger partial charge < -0.3 is 20.3 Å². The third-order valence-corrected chi connectivity index (χ3v) is 2.45. The number of nitrogen functional groups attached to an aromatic ring is 1. The largest absolute Gasteiger partial charge is 0.480 e. The van der Waals surface area contributed by atoms with E-state index in [0.717, 1.165) is 0 Å². The number of benzene rings is 1. The molecule has 1 atom stereocenters. The van der Waals surface area contributed by atoms with Gasteiger partial charge in [0, 0.05) is 0 Å². The molecule has 0 heterocycles. The molecular weight excluding hydrogens is 234 g/mol. The van der Waals surface area contributed by atoms with Crippen LogP contribution in [0.4, 0.5) is 5.69 Å². The Morgan fingerprint density at radius 1 is 1.39 bits per heavy atom. The van der Waals surface area contributed by atoms with Crippen LogP contribution in [0.3, 0.4) is 0 Å². The quantitative estimate of drug-likeness (QED) is 0.588. The highest BCUT2D eigenvalue weighted by atomic mass is 16.6. The molecule has 1 unspecified atom stereocenters. The van der Waals surface area contributed by atoms with Gasteiger partial charge in [0.25, 0.3) is 0 Å². The summed E-state index contributed by atoms with van der Waals surface area (Å²) in [5.41, 5.74) is 6.12. The first kappa shape index (κ1) is 14.3. The van der Waals surface area contributed by atoms with Gasteiger partial charge in [0.15, 0.2) is 6.61 Å². The summed E-state index contributed by atoms with van der Waals surface area (Å²) in [5.74, 6) is -0.0414. The zero-order chi connectivity index (χ0) is 13.5. The van der Waals surface area contributed by atoms with Crippen LogP contribution < -0.4 is 10.5 Å². The summed E-state index contributed by atoms with van der Waals surface area (Å²) in [5, 5.41) is 9.47. The lowest BCUT2D eigenvalue weighted by atomic mass is 10.1. The minimum Gasteiger partial charge on any atom is -0.480 e. The fraction of sp³-hybridized carbons (Fsp3) is 0.462. The molecule has 100 valence electrons. The zero-order valence-electron chi connectivity index (χ0n) is 10.6. The van der Waals surface area contributed by atoms with Crippen molar-refractivity contribution >= 4 is 11.7 Å². The molecule has 0 amide bonds. The van der Waals surface area contributed by atoms with Crippen LogP contribution in [0, 0.1) is 5.92 Å². The van der Waals surface area contributed by atoms with E-state index in [1.807, 2.05) is 13.8 Å². The lowest BCUT2D eigenvalue weighted by Crippen LogP contribution is -2.25. The van der Waals surface area contributed by atoms with Crippen molar-refractivity contribution in [2.45, 2.75) is 20.0 Å². The van der Waals surface area contributed by atoms with Gasteiger partial charge in [0.05, 0.1) is 11.8 Å². The summed E-state index contributed by atoms with van der Waals surface area (Å²) < 4.78 is 10.1. The van der Waals surface area contributed by atoms with Crippen molar-refractivity contribution < 1.29 is 19.4 Å². The van der Waals surface area contributed by atoms with Gasteiger partial charge in [-0.2, -0.15) is 0 Å². The van der Waals surface area contributed by atoms with Crippen molar-refractivity contribution in [1.29, 1.82) is 0 Å². The number of hydrogen-bond donors (Lipinski definition) is 2. The first-order valence-corrected chi connectivity index (χ1v) is 5.81. The topological polar surface area (TPSA) is 81.8 Å². The number of aliphatic hydroxyl groups excluding tert-OH is 1. The number of aliphatic hydroxyl groups is 1. The molecule has 3 N–H and O–H groups in total. The maximum Gasteiger partial charge on any atom is 0.344 e. The van der Waals surface area contributed by atoms with Crippen molar-refractivity contribution in [3.05, 3.63) is 24.3 Å². The number of ether oxygens (including phenoxy) is 2. The molecule has 18 heavy (non-hydrogen) atoms. The standard InChI is InChI=1S/C13H19NO4/c1-9(2)11(15)7-18-13(16)8-17-12-6-4-3-5-10(12)14/h3-6,9,11,15H,7-8,14H2,1-2H3. The molecule has 0 fully saturated rings. The summed E-state index contributed by atoms with van der Waals surface area (Å²) >= 11 is 0. The molecule has 0 aromatic heterocycles. The van der Waals surface area contributed by atoms with Crippen LogP contribution in [0.15, 0.2) is 24.3 Å². The van der Waals surface area contributed by atoms with Gasteiger partial charge in [-0.3, -0.25) is 0 Å². The molecule has 5 nitrogen and oxygen atoms in total. The van der Waals surface area contributed by atoms with Crippen molar-refractivity contribution in [3.63, 3.8) is 0 Å². The van der Waals surface area contributed by atoms with Crippen LogP contribution in [0.25, 0.3) is 0 Å². The minimum atomic E-state index is -0.657. The molecule has 1 rings (SSSR count). The number of esters is 1. The Hall–Kier alpha value is -1.75. The second-order valence-corrected chi connectivity index (χ2v) is 4.32. The minimum absolute atomic E-state index is 0.0237. The number of nitrogens with two attached hydrogens (primary N) is 1. The average molecular weight is 253 g/mol. The van der Waals surface area contributed by atoms with E-state index >= 15 is 0 Å².